The third-order valence-electron chi connectivity index (χ3n) is 7.98. The standard InChI is InChI=1S/C29H26FN5O3S/c1-3-18-23(28-34-33-14(2)38-28)24(25-26(31-18)20-5-4-12-35(20)29(25)37)21-10-11-22(39-21)27(36)32-19-9-6-15-13-16(30)7-8-17(15)19/h7-8,10-11,13,19-20H,3-6,9,12H2,1-2H3,(H,32,36)/t19-,20+/m0/s1. The van der Waals surface area contributed by atoms with Crippen LogP contribution in [0.25, 0.3) is 21.9 Å². The Hall–Kier alpha value is -3.92. The van der Waals surface area contributed by atoms with Crippen molar-refractivity contribution in [2.45, 2.75) is 58.0 Å². The number of halogens is 1. The molecule has 1 fully saturated rings. The summed E-state index contributed by atoms with van der Waals surface area (Å²) < 4.78 is 19.5. The topological polar surface area (TPSA) is 101 Å². The van der Waals surface area contributed by atoms with Gasteiger partial charge in [-0.15, -0.1) is 21.5 Å². The van der Waals surface area contributed by atoms with Gasteiger partial charge in [0.2, 0.25) is 11.8 Å². The van der Waals surface area contributed by atoms with E-state index < -0.39 is 0 Å². The summed E-state index contributed by atoms with van der Waals surface area (Å²) >= 11 is 1.33. The van der Waals surface area contributed by atoms with Crippen molar-refractivity contribution in [3.8, 4) is 21.9 Å². The first-order valence-corrected chi connectivity index (χ1v) is 14.1. The van der Waals surface area contributed by atoms with Crippen LogP contribution < -0.4 is 5.32 Å². The Balaban J connectivity index is 1.31. The maximum atomic E-state index is 13.7. The van der Waals surface area contributed by atoms with E-state index in [2.05, 4.69) is 15.5 Å². The molecule has 4 aromatic rings. The van der Waals surface area contributed by atoms with Gasteiger partial charge in [0.15, 0.2) is 0 Å². The molecule has 1 aliphatic carbocycles. The van der Waals surface area contributed by atoms with E-state index in [1.54, 1.807) is 25.1 Å². The van der Waals surface area contributed by atoms with Crippen molar-refractivity contribution < 1.29 is 18.4 Å². The van der Waals surface area contributed by atoms with Gasteiger partial charge in [-0.2, -0.15) is 0 Å². The van der Waals surface area contributed by atoms with Crippen LogP contribution in [0.1, 0.15) is 86.7 Å². The lowest BCUT2D eigenvalue weighted by atomic mass is 9.94. The molecule has 8 nitrogen and oxygen atoms in total. The summed E-state index contributed by atoms with van der Waals surface area (Å²) in [6.07, 6.45) is 3.92. The lowest BCUT2D eigenvalue weighted by Crippen LogP contribution is -2.26. The van der Waals surface area contributed by atoms with E-state index in [9.17, 15) is 14.0 Å². The molecule has 3 aromatic heterocycles. The van der Waals surface area contributed by atoms with Crippen LogP contribution in [-0.2, 0) is 12.8 Å². The van der Waals surface area contributed by atoms with Gasteiger partial charge in [-0.3, -0.25) is 14.6 Å². The number of aryl methyl sites for hydroxylation is 3. The maximum Gasteiger partial charge on any atom is 0.261 e. The normalized spacial score (nSPS) is 19.4. The van der Waals surface area contributed by atoms with Gasteiger partial charge < -0.3 is 14.6 Å². The second-order valence-electron chi connectivity index (χ2n) is 10.3. The average Bonchev–Trinajstić information content (AvgIpc) is 3.75. The van der Waals surface area contributed by atoms with E-state index in [1.165, 1.54) is 17.4 Å². The monoisotopic (exact) mass is 543 g/mol. The molecule has 1 N–H and O–H groups in total. The second kappa shape index (κ2) is 9.08. The first-order valence-electron chi connectivity index (χ1n) is 13.3. The minimum absolute atomic E-state index is 0.0231. The van der Waals surface area contributed by atoms with E-state index in [0.717, 1.165) is 53.1 Å². The molecule has 3 aliphatic rings. The number of thiophene rings is 1. The van der Waals surface area contributed by atoms with E-state index in [4.69, 9.17) is 9.40 Å². The van der Waals surface area contributed by atoms with Crippen molar-refractivity contribution in [1.29, 1.82) is 0 Å². The van der Waals surface area contributed by atoms with Crippen molar-refractivity contribution >= 4 is 23.2 Å². The van der Waals surface area contributed by atoms with Crippen LogP contribution in [0.5, 0.6) is 0 Å². The maximum absolute atomic E-state index is 13.7. The SMILES string of the molecule is CCc1nc2c(c(-c3ccc(C(=O)N[C@H]4CCc5cc(F)ccc54)s3)c1-c1nnc(C)o1)C(=O)N1CCC[C@H]21. The number of benzene rings is 1. The van der Waals surface area contributed by atoms with E-state index >= 15 is 0 Å². The summed E-state index contributed by atoms with van der Waals surface area (Å²) in [4.78, 5) is 35.2. The molecule has 39 heavy (non-hydrogen) atoms. The fourth-order valence-electron chi connectivity index (χ4n) is 6.24. The summed E-state index contributed by atoms with van der Waals surface area (Å²) in [6, 6.07) is 8.22. The molecule has 0 unspecified atom stereocenters. The van der Waals surface area contributed by atoms with E-state index in [-0.39, 0.29) is 29.7 Å². The molecule has 2 amide bonds. The number of nitrogens with zero attached hydrogens (tertiary/aromatic N) is 4. The highest BCUT2D eigenvalue weighted by Gasteiger charge is 2.44. The number of carbonyl (C=O) groups excluding carboxylic acids is 2. The Bertz CT molecular complexity index is 1660. The van der Waals surface area contributed by atoms with Gasteiger partial charge in [-0.25, -0.2) is 4.39 Å². The lowest BCUT2D eigenvalue weighted by Gasteiger charge is -2.15. The minimum Gasteiger partial charge on any atom is -0.421 e. The Labute approximate surface area is 228 Å². The van der Waals surface area contributed by atoms with Crippen molar-refractivity contribution in [2.24, 2.45) is 0 Å². The van der Waals surface area contributed by atoms with Gasteiger partial charge in [0.1, 0.15) is 5.82 Å². The lowest BCUT2D eigenvalue weighted by molar-refractivity contribution is 0.0776. The Morgan fingerprint density at radius 1 is 1.18 bits per heavy atom. The zero-order chi connectivity index (χ0) is 26.8. The largest absolute Gasteiger partial charge is 0.421 e. The van der Waals surface area contributed by atoms with E-state index in [0.29, 0.717) is 46.3 Å². The second-order valence-corrected chi connectivity index (χ2v) is 11.4. The molecule has 198 valence electrons. The predicted octanol–water partition coefficient (Wildman–Crippen LogP) is 5.58. The predicted molar refractivity (Wildman–Crippen MR) is 143 cm³/mol. The number of fused-ring (bicyclic) bond motifs is 4. The molecule has 0 spiro atoms. The first kappa shape index (κ1) is 24.1. The average molecular weight is 544 g/mol. The number of hydrogen-bond donors (Lipinski definition) is 1. The highest BCUT2D eigenvalue weighted by molar-refractivity contribution is 7.17. The van der Waals surface area contributed by atoms with Crippen LogP contribution >= 0.6 is 11.3 Å². The summed E-state index contributed by atoms with van der Waals surface area (Å²) in [6.45, 7) is 4.46. The highest BCUT2D eigenvalue weighted by Crippen LogP contribution is 2.49. The van der Waals surface area contributed by atoms with Gasteiger partial charge in [0.05, 0.1) is 39.5 Å². The Morgan fingerprint density at radius 2 is 2.05 bits per heavy atom. The number of hydrogen-bond acceptors (Lipinski definition) is 7. The van der Waals surface area contributed by atoms with E-state index in [1.807, 2.05) is 17.9 Å². The number of carbonyl (C=O) groups is 2. The molecule has 0 radical (unpaired) electrons. The van der Waals surface area contributed by atoms with Crippen LogP contribution in [0, 0.1) is 12.7 Å². The number of pyridine rings is 1. The fourth-order valence-corrected chi connectivity index (χ4v) is 7.21. The van der Waals surface area contributed by atoms with Crippen molar-refractivity contribution in [2.75, 3.05) is 6.54 Å². The highest BCUT2D eigenvalue weighted by atomic mass is 32.1. The fraction of sp³-hybridized carbons (Fsp3) is 0.345. The molecule has 1 saturated heterocycles. The third-order valence-corrected chi connectivity index (χ3v) is 9.08. The molecule has 0 saturated carbocycles. The molecule has 2 atom stereocenters. The van der Waals surface area contributed by atoms with Gasteiger partial charge >= 0.3 is 0 Å². The Kier molecular flexibility index (Phi) is 5.62. The van der Waals surface area contributed by atoms with Crippen molar-refractivity contribution in [3.05, 3.63) is 75.0 Å². The minimum atomic E-state index is -0.262. The molecule has 5 heterocycles. The number of nitrogens with one attached hydrogen (secondary N) is 1. The Morgan fingerprint density at radius 3 is 2.85 bits per heavy atom. The van der Waals surface area contributed by atoms with Gasteiger partial charge in [-0.05, 0) is 67.5 Å². The zero-order valence-electron chi connectivity index (χ0n) is 21.6. The zero-order valence-corrected chi connectivity index (χ0v) is 22.4. The van der Waals surface area contributed by atoms with Crippen LogP contribution in [-0.4, -0.2) is 38.4 Å². The van der Waals surface area contributed by atoms with Crippen LogP contribution in [0.2, 0.25) is 0 Å². The summed E-state index contributed by atoms with van der Waals surface area (Å²) in [5, 5.41) is 11.4. The summed E-state index contributed by atoms with van der Waals surface area (Å²) in [5.74, 6) is 0.251. The van der Waals surface area contributed by atoms with Gasteiger partial charge in [0.25, 0.3) is 11.8 Å². The molecule has 1 aromatic carbocycles. The molecular weight excluding hydrogens is 517 g/mol. The van der Waals surface area contributed by atoms with Crippen LogP contribution in [0.4, 0.5) is 4.39 Å². The van der Waals surface area contributed by atoms with Gasteiger partial charge in [-0.1, -0.05) is 13.0 Å². The van der Waals surface area contributed by atoms with Crippen LogP contribution in [0.3, 0.4) is 0 Å². The molecule has 7 rings (SSSR count). The first-order chi connectivity index (χ1) is 18.9. The third kappa shape index (κ3) is 3.80. The quantitative estimate of drug-likeness (QED) is 0.353. The molecule has 0 bridgehead atoms. The number of rotatable bonds is 5. The van der Waals surface area contributed by atoms with Gasteiger partial charge in [0, 0.05) is 23.9 Å². The number of aromatic nitrogens is 3. The molecule has 2 aliphatic heterocycles. The molecular formula is C29H26FN5O3S. The van der Waals surface area contributed by atoms with Crippen molar-refractivity contribution in [3.63, 3.8) is 0 Å². The molecule has 10 heteroatoms. The smallest absolute Gasteiger partial charge is 0.261 e. The number of amides is 2. The summed E-state index contributed by atoms with van der Waals surface area (Å²) in [7, 11) is 0. The van der Waals surface area contributed by atoms with Crippen molar-refractivity contribution in [1.82, 2.24) is 25.4 Å². The summed E-state index contributed by atoms with van der Waals surface area (Å²) in [5.41, 5.74) is 5.44. The van der Waals surface area contributed by atoms with Crippen LogP contribution in [0.15, 0.2) is 34.7 Å².